The van der Waals surface area contributed by atoms with Crippen LogP contribution in [-0.4, -0.2) is 28.0 Å². The van der Waals surface area contributed by atoms with E-state index >= 15 is 0 Å². The molecule has 1 saturated carbocycles. The SMILES string of the molecule is O=C1CS[C@@H](c2ccc(OC3CCCC3)cc2)c2cn[nH]c2N1. The molecule has 120 valence electrons. The fourth-order valence-corrected chi connectivity index (χ4v) is 4.31. The largest absolute Gasteiger partial charge is 0.490 e. The van der Waals surface area contributed by atoms with Gasteiger partial charge in [-0.15, -0.1) is 11.8 Å². The van der Waals surface area contributed by atoms with Crippen LogP contribution < -0.4 is 10.1 Å². The molecule has 5 nitrogen and oxygen atoms in total. The Kier molecular flexibility index (Phi) is 3.99. The average molecular weight is 329 g/mol. The van der Waals surface area contributed by atoms with E-state index in [-0.39, 0.29) is 11.2 Å². The highest BCUT2D eigenvalue weighted by Crippen LogP contribution is 2.40. The Bertz CT molecular complexity index is 692. The predicted octanol–water partition coefficient (Wildman–Crippen LogP) is 3.51. The molecular weight excluding hydrogens is 310 g/mol. The molecular formula is C17H19N3O2S. The lowest BCUT2D eigenvalue weighted by atomic mass is 10.1. The number of nitrogens with zero attached hydrogens (tertiary/aromatic N) is 1. The lowest BCUT2D eigenvalue weighted by molar-refractivity contribution is -0.113. The minimum absolute atomic E-state index is 0.00388. The molecule has 0 bridgehead atoms. The molecule has 1 aliphatic heterocycles. The maximum absolute atomic E-state index is 11.8. The van der Waals surface area contributed by atoms with Gasteiger partial charge in [-0.3, -0.25) is 9.89 Å². The minimum atomic E-state index is 0.00388. The second-order valence-electron chi connectivity index (χ2n) is 6.03. The summed E-state index contributed by atoms with van der Waals surface area (Å²) in [5, 5.41) is 9.89. The van der Waals surface area contributed by atoms with Crippen molar-refractivity contribution in [1.82, 2.24) is 10.2 Å². The summed E-state index contributed by atoms with van der Waals surface area (Å²) < 4.78 is 6.02. The Hall–Kier alpha value is -1.95. The number of carbonyl (C=O) groups excluding carboxylic acids is 1. The number of hydrogen-bond donors (Lipinski definition) is 2. The molecule has 1 atom stereocenters. The van der Waals surface area contributed by atoms with Gasteiger partial charge in [-0.2, -0.15) is 5.10 Å². The third kappa shape index (κ3) is 3.08. The fourth-order valence-electron chi connectivity index (χ4n) is 3.21. The number of aromatic nitrogens is 2. The van der Waals surface area contributed by atoms with Crippen LogP contribution in [0.4, 0.5) is 5.82 Å². The highest BCUT2D eigenvalue weighted by atomic mass is 32.2. The van der Waals surface area contributed by atoms with Gasteiger partial charge in [0.1, 0.15) is 11.6 Å². The molecule has 4 rings (SSSR count). The zero-order valence-corrected chi connectivity index (χ0v) is 13.6. The molecule has 0 spiro atoms. The number of rotatable bonds is 3. The van der Waals surface area contributed by atoms with Crippen molar-refractivity contribution in [2.45, 2.75) is 37.0 Å². The molecule has 2 N–H and O–H groups in total. The van der Waals surface area contributed by atoms with Crippen molar-refractivity contribution < 1.29 is 9.53 Å². The van der Waals surface area contributed by atoms with Gasteiger partial charge in [0.15, 0.2) is 0 Å². The Labute approximate surface area is 139 Å². The molecule has 1 amide bonds. The van der Waals surface area contributed by atoms with Gasteiger partial charge in [0.25, 0.3) is 0 Å². The molecule has 1 aliphatic carbocycles. The van der Waals surface area contributed by atoms with Crippen LogP contribution in [0, 0.1) is 0 Å². The summed E-state index contributed by atoms with van der Waals surface area (Å²) in [6.45, 7) is 0. The first-order chi connectivity index (χ1) is 11.3. The number of thioether (sulfide) groups is 1. The average Bonchev–Trinajstić information content (AvgIpc) is 3.19. The van der Waals surface area contributed by atoms with E-state index in [0.717, 1.165) is 29.7 Å². The van der Waals surface area contributed by atoms with Crippen LogP contribution in [0.1, 0.15) is 42.1 Å². The number of anilines is 1. The molecule has 2 aliphatic rings. The maximum atomic E-state index is 11.8. The molecule has 0 unspecified atom stereocenters. The second-order valence-corrected chi connectivity index (χ2v) is 7.13. The first-order valence-electron chi connectivity index (χ1n) is 8.01. The van der Waals surface area contributed by atoms with Gasteiger partial charge in [-0.05, 0) is 43.4 Å². The molecule has 2 heterocycles. The van der Waals surface area contributed by atoms with Gasteiger partial charge in [0.2, 0.25) is 5.91 Å². The van der Waals surface area contributed by atoms with E-state index in [4.69, 9.17) is 4.74 Å². The van der Waals surface area contributed by atoms with E-state index in [0.29, 0.717) is 17.7 Å². The molecule has 0 saturated heterocycles. The van der Waals surface area contributed by atoms with Gasteiger partial charge in [0, 0.05) is 5.56 Å². The number of amides is 1. The van der Waals surface area contributed by atoms with Crippen molar-refractivity contribution in [3.05, 3.63) is 41.6 Å². The zero-order valence-electron chi connectivity index (χ0n) is 12.7. The summed E-state index contributed by atoms with van der Waals surface area (Å²) in [6.07, 6.45) is 7.02. The molecule has 1 aromatic heterocycles. The molecule has 1 fully saturated rings. The Morgan fingerprint density at radius 2 is 1.96 bits per heavy atom. The first kappa shape index (κ1) is 14.6. The number of benzene rings is 1. The highest BCUT2D eigenvalue weighted by molar-refractivity contribution is 8.00. The van der Waals surface area contributed by atoms with Crippen LogP contribution in [0.15, 0.2) is 30.5 Å². The van der Waals surface area contributed by atoms with Crippen molar-refractivity contribution in [3.63, 3.8) is 0 Å². The standard InChI is InChI=1S/C17H19N3O2S/c21-15-10-23-16(14-9-18-20-17(14)19-15)11-5-7-13(8-6-11)22-12-3-1-2-4-12/h5-9,12,16H,1-4,10H2,(H2,18,19,20,21)/t16-/m0/s1. The lowest BCUT2D eigenvalue weighted by Gasteiger charge is -2.16. The van der Waals surface area contributed by atoms with Crippen LogP contribution in [0.25, 0.3) is 0 Å². The van der Waals surface area contributed by atoms with Crippen LogP contribution in [0.3, 0.4) is 0 Å². The van der Waals surface area contributed by atoms with Gasteiger partial charge in [0.05, 0.1) is 23.3 Å². The van der Waals surface area contributed by atoms with E-state index in [9.17, 15) is 4.79 Å². The molecule has 1 aromatic carbocycles. The van der Waals surface area contributed by atoms with Crippen molar-refractivity contribution in [1.29, 1.82) is 0 Å². The van der Waals surface area contributed by atoms with Crippen molar-refractivity contribution in [2.24, 2.45) is 0 Å². The van der Waals surface area contributed by atoms with Gasteiger partial charge in [-0.1, -0.05) is 12.1 Å². The third-order valence-corrected chi connectivity index (χ3v) is 5.67. The number of H-pyrrole nitrogens is 1. The van der Waals surface area contributed by atoms with Crippen molar-refractivity contribution >= 4 is 23.5 Å². The van der Waals surface area contributed by atoms with Gasteiger partial charge < -0.3 is 10.1 Å². The van der Waals surface area contributed by atoms with Crippen LogP contribution in [-0.2, 0) is 4.79 Å². The number of nitrogens with one attached hydrogen (secondary N) is 2. The van der Waals surface area contributed by atoms with Crippen molar-refractivity contribution in [3.8, 4) is 5.75 Å². The maximum Gasteiger partial charge on any atom is 0.235 e. The van der Waals surface area contributed by atoms with E-state index in [1.54, 1.807) is 18.0 Å². The molecule has 2 aromatic rings. The number of fused-ring (bicyclic) bond motifs is 1. The normalized spacial score (nSPS) is 21.6. The van der Waals surface area contributed by atoms with Crippen LogP contribution >= 0.6 is 11.8 Å². The van der Waals surface area contributed by atoms with Gasteiger partial charge >= 0.3 is 0 Å². The Morgan fingerprint density at radius 3 is 2.74 bits per heavy atom. The summed E-state index contributed by atoms with van der Waals surface area (Å²) in [4.78, 5) is 11.8. The number of aromatic amines is 1. The first-order valence-corrected chi connectivity index (χ1v) is 9.06. The number of ether oxygens (including phenoxy) is 1. The van der Waals surface area contributed by atoms with E-state index in [1.807, 2.05) is 12.1 Å². The third-order valence-electron chi connectivity index (χ3n) is 4.38. The predicted molar refractivity (Wildman–Crippen MR) is 90.8 cm³/mol. The Balaban J connectivity index is 1.55. The number of carbonyl (C=O) groups is 1. The fraction of sp³-hybridized carbons (Fsp3) is 0.412. The van der Waals surface area contributed by atoms with Crippen molar-refractivity contribution in [2.75, 3.05) is 11.1 Å². The monoisotopic (exact) mass is 329 g/mol. The van der Waals surface area contributed by atoms with Crippen LogP contribution in [0.2, 0.25) is 0 Å². The smallest absolute Gasteiger partial charge is 0.235 e. The summed E-state index contributed by atoms with van der Waals surface area (Å²) in [5.41, 5.74) is 2.18. The summed E-state index contributed by atoms with van der Waals surface area (Å²) in [6, 6.07) is 8.26. The second kappa shape index (κ2) is 6.28. The van der Waals surface area contributed by atoms with Crippen LogP contribution in [0.5, 0.6) is 5.75 Å². The van der Waals surface area contributed by atoms with Gasteiger partial charge in [-0.25, -0.2) is 0 Å². The number of hydrogen-bond acceptors (Lipinski definition) is 4. The minimum Gasteiger partial charge on any atom is -0.490 e. The zero-order chi connectivity index (χ0) is 15.6. The van der Waals surface area contributed by atoms with E-state index < -0.39 is 0 Å². The molecule has 0 radical (unpaired) electrons. The van der Waals surface area contributed by atoms with E-state index in [1.165, 1.54) is 12.8 Å². The highest BCUT2D eigenvalue weighted by Gasteiger charge is 2.25. The Morgan fingerprint density at radius 1 is 1.17 bits per heavy atom. The topological polar surface area (TPSA) is 67.0 Å². The molecule has 23 heavy (non-hydrogen) atoms. The summed E-state index contributed by atoms with van der Waals surface area (Å²) in [7, 11) is 0. The lowest BCUT2D eigenvalue weighted by Crippen LogP contribution is -2.12. The quantitative estimate of drug-likeness (QED) is 0.904. The summed E-state index contributed by atoms with van der Waals surface area (Å²) in [5.74, 6) is 2.08. The van der Waals surface area contributed by atoms with E-state index in [2.05, 4.69) is 27.6 Å². The summed E-state index contributed by atoms with van der Waals surface area (Å²) >= 11 is 1.62. The molecule has 6 heteroatoms.